The van der Waals surface area contributed by atoms with Gasteiger partial charge >= 0.3 is 0 Å². The van der Waals surface area contributed by atoms with E-state index < -0.39 is 0 Å². The Morgan fingerprint density at radius 3 is 3.00 bits per heavy atom. The van der Waals surface area contributed by atoms with Crippen LogP contribution in [-0.2, 0) is 0 Å². The van der Waals surface area contributed by atoms with Crippen molar-refractivity contribution in [1.82, 2.24) is 0 Å². The molecule has 0 spiro atoms. The summed E-state index contributed by atoms with van der Waals surface area (Å²) >= 11 is 0. The summed E-state index contributed by atoms with van der Waals surface area (Å²) in [6.45, 7) is 5.42. The zero-order valence-corrected chi connectivity index (χ0v) is 8.27. The lowest BCUT2D eigenvalue weighted by molar-refractivity contribution is 0.795. The van der Waals surface area contributed by atoms with Crippen LogP contribution in [-0.4, -0.2) is 12.3 Å². The number of hydrogen-bond acceptors (Lipinski definition) is 1. The van der Waals surface area contributed by atoms with Crippen LogP contribution >= 0.6 is 0 Å². The Kier molecular flexibility index (Phi) is 4.06. The Hall–Kier alpha value is -0.590. The highest BCUT2D eigenvalue weighted by Crippen LogP contribution is 2.14. The van der Waals surface area contributed by atoms with Crippen LogP contribution in [0, 0.1) is 0 Å². The second-order valence-corrected chi connectivity index (χ2v) is 3.46. The fourth-order valence-electron chi connectivity index (χ4n) is 1.48. The molecule has 0 aromatic heterocycles. The summed E-state index contributed by atoms with van der Waals surface area (Å²) in [5.41, 5.74) is 2.77. The predicted octanol–water partition coefficient (Wildman–Crippen LogP) is 3.36. The van der Waals surface area contributed by atoms with Crippen molar-refractivity contribution in [1.29, 1.82) is 0 Å². The standard InChI is InChI=1S/C11H19N/c1-3-4-9-12-11-8-6-5-7-10(11)2/h7H,3-6,8-9H2,1-2H3. The molecule has 0 saturated carbocycles. The van der Waals surface area contributed by atoms with Gasteiger partial charge in [-0.15, -0.1) is 0 Å². The van der Waals surface area contributed by atoms with Gasteiger partial charge in [-0.2, -0.15) is 0 Å². The van der Waals surface area contributed by atoms with Gasteiger partial charge in [0.1, 0.15) is 0 Å². The second kappa shape index (κ2) is 5.13. The van der Waals surface area contributed by atoms with Gasteiger partial charge in [0.2, 0.25) is 0 Å². The lowest BCUT2D eigenvalue weighted by atomic mass is 9.98. The number of nitrogens with zero attached hydrogens (tertiary/aromatic N) is 1. The molecule has 1 rings (SSSR count). The average Bonchev–Trinajstić information content (AvgIpc) is 2.09. The zero-order chi connectivity index (χ0) is 8.81. The third-order valence-corrected chi connectivity index (χ3v) is 2.34. The Morgan fingerprint density at radius 1 is 1.50 bits per heavy atom. The molecule has 0 aromatic carbocycles. The Labute approximate surface area is 75.6 Å². The molecule has 68 valence electrons. The maximum atomic E-state index is 4.60. The summed E-state index contributed by atoms with van der Waals surface area (Å²) < 4.78 is 0. The topological polar surface area (TPSA) is 12.4 Å². The molecule has 0 saturated heterocycles. The minimum absolute atomic E-state index is 1.02. The molecule has 0 heterocycles. The van der Waals surface area contributed by atoms with Crippen LogP contribution in [0.5, 0.6) is 0 Å². The highest BCUT2D eigenvalue weighted by atomic mass is 14.7. The normalized spacial score (nSPS) is 21.2. The molecule has 0 fully saturated rings. The molecule has 12 heavy (non-hydrogen) atoms. The number of hydrogen-bond donors (Lipinski definition) is 0. The molecule has 1 nitrogen and oxygen atoms in total. The highest BCUT2D eigenvalue weighted by Gasteiger charge is 2.05. The van der Waals surface area contributed by atoms with Crippen molar-refractivity contribution >= 4 is 5.71 Å². The molecule has 1 aliphatic carbocycles. The van der Waals surface area contributed by atoms with Crippen LogP contribution in [0.25, 0.3) is 0 Å². The quantitative estimate of drug-likeness (QED) is 0.569. The van der Waals surface area contributed by atoms with Gasteiger partial charge in [-0.1, -0.05) is 19.4 Å². The van der Waals surface area contributed by atoms with E-state index in [9.17, 15) is 0 Å². The molecule has 0 amide bonds. The minimum Gasteiger partial charge on any atom is -0.290 e. The zero-order valence-electron chi connectivity index (χ0n) is 8.27. The Bertz CT molecular complexity index is 189. The monoisotopic (exact) mass is 165 g/mol. The van der Waals surface area contributed by atoms with E-state index in [1.165, 1.54) is 43.4 Å². The first kappa shape index (κ1) is 9.50. The molecule has 0 N–H and O–H groups in total. The average molecular weight is 165 g/mol. The highest BCUT2D eigenvalue weighted by molar-refractivity contribution is 6.00. The first-order chi connectivity index (χ1) is 5.84. The molecule has 0 bridgehead atoms. The summed E-state index contributed by atoms with van der Waals surface area (Å²) in [6, 6.07) is 0. The first-order valence-electron chi connectivity index (χ1n) is 5.05. The van der Waals surface area contributed by atoms with Crippen LogP contribution in [0.1, 0.15) is 46.0 Å². The van der Waals surface area contributed by atoms with Gasteiger partial charge in [0.05, 0.1) is 0 Å². The fraction of sp³-hybridized carbons (Fsp3) is 0.727. The van der Waals surface area contributed by atoms with Crippen LogP contribution in [0.4, 0.5) is 0 Å². The van der Waals surface area contributed by atoms with Gasteiger partial charge in [-0.05, 0) is 38.2 Å². The van der Waals surface area contributed by atoms with E-state index in [-0.39, 0.29) is 0 Å². The number of rotatable bonds is 3. The van der Waals surface area contributed by atoms with Crippen LogP contribution < -0.4 is 0 Å². The second-order valence-electron chi connectivity index (χ2n) is 3.46. The third-order valence-electron chi connectivity index (χ3n) is 2.34. The van der Waals surface area contributed by atoms with E-state index in [0.717, 1.165) is 6.54 Å². The van der Waals surface area contributed by atoms with Gasteiger partial charge in [0.25, 0.3) is 0 Å². The van der Waals surface area contributed by atoms with Gasteiger partial charge in [0, 0.05) is 12.3 Å². The van der Waals surface area contributed by atoms with Crippen molar-refractivity contribution in [3.05, 3.63) is 11.6 Å². The van der Waals surface area contributed by atoms with E-state index in [2.05, 4.69) is 24.9 Å². The van der Waals surface area contributed by atoms with E-state index >= 15 is 0 Å². The predicted molar refractivity (Wildman–Crippen MR) is 54.8 cm³/mol. The summed E-state index contributed by atoms with van der Waals surface area (Å²) in [7, 11) is 0. The Morgan fingerprint density at radius 2 is 2.33 bits per heavy atom. The minimum atomic E-state index is 1.02. The number of unbranched alkanes of at least 4 members (excludes halogenated alkanes) is 1. The van der Waals surface area contributed by atoms with Gasteiger partial charge in [0.15, 0.2) is 0 Å². The number of aliphatic imine (C=N–C) groups is 1. The molecule has 0 atom stereocenters. The SMILES string of the molecule is CCCCN=C1CCCC=C1C. The van der Waals surface area contributed by atoms with Crippen molar-refractivity contribution in [3.63, 3.8) is 0 Å². The maximum absolute atomic E-state index is 4.60. The van der Waals surface area contributed by atoms with Crippen molar-refractivity contribution < 1.29 is 0 Å². The molecular formula is C11H19N. The van der Waals surface area contributed by atoms with Crippen LogP contribution in [0.15, 0.2) is 16.6 Å². The third kappa shape index (κ3) is 2.80. The van der Waals surface area contributed by atoms with Gasteiger partial charge in [-0.3, -0.25) is 4.99 Å². The molecule has 0 aliphatic heterocycles. The molecule has 0 unspecified atom stereocenters. The molecule has 0 radical (unpaired) electrons. The lowest BCUT2D eigenvalue weighted by Gasteiger charge is -2.11. The fourth-order valence-corrected chi connectivity index (χ4v) is 1.48. The lowest BCUT2D eigenvalue weighted by Crippen LogP contribution is -2.05. The summed E-state index contributed by atoms with van der Waals surface area (Å²) in [6.07, 6.45) is 8.54. The smallest absolute Gasteiger partial charge is 0.0392 e. The largest absolute Gasteiger partial charge is 0.290 e. The molecule has 1 aliphatic rings. The summed E-state index contributed by atoms with van der Waals surface area (Å²) in [4.78, 5) is 4.60. The number of allylic oxidation sites excluding steroid dienone is 2. The van der Waals surface area contributed by atoms with Crippen molar-refractivity contribution in [2.45, 2.75) is 46.0 Å². The van der Waals surface area contributed by atoms with Gasteiger partial charge in [-0.25, -0.2) is 0 Å². The summed E-state index contributed by atoms with van der Waals surface area (Å²) in [5.74, 6) is 0. The van der Waals surface area contributed by atoms with E-state index in [1.54, 1.807) is 0 Å². The Balaban J connectivity index is 2.43. The molecular weight excluding hydrogens is 146 g/mol. The molecule has 0 aromatic rings. The van der Waals surface area contributed by atoms with Crippen molar-refractivity contribution in [2.24, 2.45) is 4.99 Å². The first-order valence-corrected chi connectivity index (χ1v) is 5.05. The van der Waals surface area contributed by atoms with Crippen LogP contribution in [0.2, 0.25) is 0 Å². The summed E-state index contributed by atoms with van der Waals surface area (Å²) in [5, 5.41) is 0. The van der Waals surface area contributed by atoms with Crippen LogP contribution in [0.3, 0.4) is 0 Å². The maximum Gasteiger partial charge on any atom is 0.0392 e. The van der Waals surface area contributed by atoms with E-state index in [0.29, 0.717) is 0 Å². The van der Waals surface area contributed by atoms with Crippen molar-refractivity contribution in [2.75, 3.05) is 6.54 Å². The van der Waals surface area contributed by atoms with Crippen molar-refractivity contribution in [3.8, 4) is 0 Å². The van der Waals surface area contributed by atoms with Gasteiger partial charge < -0.3 is 0 Å². The van der Waals surface area contributed by atoms with E-state index in [1.807, 2.05) is 0 Å². The molecule has 1 heteroatoms. The van der Waals surface area contributed by atoms with E-state index in [4.69, 9.17) is 0 Å².